The van der Waals surface area contributed by atoms with Gasteiger partial charge in [0.25, 0.3) is 5.56 Å². The first-order chi connectivity index (χ1) is 8.70. The Morgan fingerprint density at radius 1 is 1.44 bits per heavy atom. The van der Waals surface area contributed by atoms with Crippen molar-refractivity contribution >= 4 is 22.7 Å². The molecular weight excluding hydrogens is 246 g/mol. The van der Waals surface area contributed by atoms with Crippen LogP contribution in [0.3, 0.4) is 0 Å². The second-order valence-electron chi connectivity index (χ2n) is 4.27. The molecule has 1 atom stereocenters. The highest BCUT2D eigenvalue weighted by molar-refractivity contribution is 7.98. The van der Waals surface area contributed by atoms with Gasteiger partial charge in [0.2, 0.25) is 0 Å². The first-order valence-electron chi connectivity index (χ1n) is 5.91. The van der Waals surface area contributed by atoms with Crippen molar-refractivity contribution in [2.24, 2.45) is 0 Å². The van der Waals surface area contributed by atoms with E-state index in [4.69, 9.17) is 0 Å². The molecule has 0 amide bonds. The molecule has 1 unspecified atom stereocenters. The summed E-state index contributed by atoms with van der Waals surface area (Å²) in [5.74, 6) is 1.73. The molecule has 0 radical (unpaired) electrons. The van der Waals surface area contributed by atoms with Crippen molar-refractivity contribution in [3.8, 4) is 0 Å². The van der Waals surface area contributed by atoms with Gasteiger partial charge in [-0.25, -0.2) is 4.98 Å². The molecule has 18 heavy (non-hydrogen) atoms. The molecule has 0 aliphatic carbocycles. The fourth-order valence-corrected chi connectivity index (χ4v) is 2.42. The van der Waals surface area contributed by atoms with Crippen LogP contribution in [0.5, 0.6) is 0 Å². The zero-order valence-corrected chi connectivity index (χ0v) is 11.4. The summed E-state index contributed by atoms with van der Waals surface area (Å²) in [6.45, 7) is 2.71. The number of nitrogens with one attached hydrogen (secondary N) is 2. The summed E-state index contributed by atoms with van der Waals surface area (Å²) >= 11 is 1.80. The minimum atomic E-state index is -0.0741. The van der Waals surface area contributed by atoms with Crippen molar-refractivity contribution in [1.29, 1.82) is 0 Å². The molecule has 1 aromatic carbocycles. The van der Waals surface area contributed by atoms with Gasteiger partial charge in [-0.1, -0.05) is 12.1 Å². The lowest BCUT2D eigenvalue weighted by Gasteiger charge is -2.11. The topological polar surface area (TPSA) is 57.8 Å². The molecule has 0 saturated carbocycles. The molecule has 2 aromatic rings. The quantitative estimate of drug-likeness (QED) is 0.863. The smallest absolute Gasteiger partial charge is 0.258 e. The monoisotopic (exact) mass is 263 g/mol. The maximum absolute atomic E-state index is 11.8. The first kappa shape index (κ1) is 13.1. The van der Waals surface area contributed by atoms with Crippen molar-refractivity contribution in [2.75, 3.05) is 12.0 Å². The maximum Gasteiger partial charge on any atom is 0.258 e. The Morgan fingerprint density at radius 3 is 3.00 bits per heavy atom. The highest BCUT2D eigenvalue weighted by Crippen LogP contribution is 2.05. The zero-order valence-electron chi connectivity index (χ0n) is 10.6. The van der Waals surface area contributed by atoms with Crippen LogP contribution in [0.15, 0.2) is 29.1 Å². The Bertz CT molecular complexity index is 582. The number of aromatic amines is 1. The number of hydrogen-bond donors (Lipinski definition) is 2. The van der Waals surface area contributed by atoms with E-state index in [1.165, 1.54) is 0 Å². The molecule has 1 aromatic heterocycles. The summed E-state index contributed by atoms with van der Waals surface area (Å²) in [5.41, 5.74) is 0.672. The molecule has 0 bridgehead atoms. The Kier molecular flexibility index (Phi) is 4.38. The van der Waals surface area contributed by atoms with Crippen LogP contribution in [0.4, 0.5) is 0 Å². The molecule has 96 valence electrons. The second-order valence-corrected chi connectivity index (χ2v) is 5.18. The second kappa shape index (κ2) is 6.02. The molecule has 2 N–H and O–H groups in total. The molecule has 0 fully saturated rings. The molecule has 0 spiro atoms. The Balaban J connectivity index is 2.17. The molecule has 5 heteroatoms. The molecule has 0 aliphatic heterocycles. The number of nitrogens with zero attached hydrogens (tertiary/aromatic N) is 1. The minimum absolute atomic E-state index is 0.0741. The third kappa shape index (κ3) is 3.11. The minimum Gasteiger partial charge on any atom is -0.309 e. The summed E-state index contributed by atoms with van der Waals surface area (Å²) in [5, 5.41) is 3.98. The average Bonchev–Trinajstić information content (AvgIpc) is 2.37. The van der Waals surface area contributed by atoms with E-state index in [2.05, 4.69) is 28.5 Å². The number of thioether (sulfide) groups is 1. The molecule has 4 nitrogen and oxygen atoms in total. The lowest BCUT2D eigenvalue weighted by atomic mass is 10.2. The van der Waals surface area contributed by atoms with Gasteiger partial charge >= 0.3 is 0 Å². The molecular formula is C13H17N3OS. The van der Waals surface area contributed by atoms with E-state index in [-0.39, 0.29) is 5.56 Å². The van der Waals surface area contributed by atoms with Gasteiger partial charge in [-0.2, -0.15) is 11.8 Å². The first-order valence-corrected chi connectivity index (χ1v) is 7.30. The highest BCUT2D eigenvalue weighted by Gasteiger charge is 2.05. The SMILES string of the molecule is CSCC(C)NCc1nc2ccccc2c(=O)[nH]1. The summed E-state index contributed by atoms with van der Waals surface area (Å²) in [6, 6.07) is 7.78. The predicted octanol–water partition coefficient (Wildman–Crippen LogP) is 1.76. The van der Waals surface area contributed by atoms with E-state index in [1.807, 2.05) is 18.2 Å². The summed E-state index contributed by atoms with van der Waals surface area (Å²) in [7, 11) is 0. The van der Waals surface area contributed by atoms with Gasteiger partial charge in [0.1, 0.15) is 5.82 Å². The van der Waals surface area contributed by atoms with Gasteiger partial charge in [0, 0.05) is 11.8 Å². The van der Waals surface area contributed by atoms with Gasteiger partial charge in [-0.05, 0) is 25.3 Å². The molecule has 2 rings (SSSR count). The standard InChI is InChI=1S/C13H17N3OS/c1-9(8-18-2)14-7-12-15-11-6-4-3-5-10(11)13(17)16-12/h3-6,9,14H,7-8H2,1-2H3,(H,15,16,17). The van der Waals surface area contributed by atoms with Crippen molar-refractivity contribution in [3.05, 3.63) is 40.4 Å². The Labute approximate surface area is 110 Å². The Hall–Kier alpha value is -1.33. The van der Waals surface area contributed by atoms with Crippen molar-refractivity contribution in [2.45, 2.75) is 19.5 Å². The van der Waals surface area contributed by atoms with Crippen LogP contribution in [-0.4, -0.2) is 28.0 Å². The van der Waals surface area contributed by atoms with Crippen molar-refractivity contribution in [3.63, 3.8) is 0 Å². The average molecular weight is 263 g/mol. The summed E-state index contributed by atoms with van der Waals surface area (Å²) in [6.07, 6.45) is 2.08. The van der Waals surface area contributed by atoms with Crippen LogP contribution >= 0.6 is 11.8 Å². The number of fused-ring (bicyclic) bond motifs is 1. The largest absolute Gasteiger partial charge is 0.309 e. The number of aromatic nitrogens is 2. The van der Waals surface area contributed by atoms with Gasteiger partial charge in [-0.3, -0.25) is 4.79 Å². The highest BCUT2D eigenvalue weighted by atomic mass is 32.2. The maximum atomic E-state index is 11.8. The van der Waals surface area contributed by atoms with E-state index in [0.717, 1.165) is 11.3 Å². The fraction of sp³-hybridized carbons (Fsp3) is 0.385. The predicted molar refractivity (Wildman–Crippen MR) is 77.0 cm³/mol. The fourth-order valence-electron chi connectivity index (χ4n) is 1.80. The zero-order chi connectivity index (χ0) is 13.0. The van der Waals surface area contributed by atoms with Crippen LogP contribution in [0, 0.1) is 0 Å². The van der Waals surface area contributed by atoms with Gasteiger partial charge in [0.15, 0.2) is 0 Å². The number of rotatable bonds is 5. The van der Waals surface area contributed by atoms with Crippen LogP contribution in [0.2, 0.25) is 0 Å². The van der Waals surface area contributed by atoms with Crippen LogP contribution in [-0.2, 0) is 6.54 Å². The lowest BCUT2D eigenvalue weighted by molar-refractivity contribution is 0.579. The van der Waals surface area contributed by atoms with E-state index in [1.54, 1.807) is 17.8 Å². The van der Waals surface area contributed by atoms with Crippen LogP contribution < -0.4 is 10.9 Å². The molecule has 0 saturated heterocycles. The van der Waals surface area contributed by atoms with E-state index in [0.29, 0.717) is 23.8 Å². The van der Waals surface area contributed by atoms with Gasteiger partial charge in [-0.15, -0.1) is 0 Å². The van der Waals surface area contributed by atoms with E-state index >= 15 is 0 Å². The normalized spacial score (nSPS) is 12.8. The third-order valence-corrected chi connectivity index (χ3v) is 3.53. The third-order valence-electron chi connectivity index (χ3n) is 2.70. The lowest BCUT2D eigenvalue weighted by Crippen LogP contribution is -2.29. The van der Waals surface area contributed by atoms with Gasteiger partial charge < -0.3 is 10.3 Å². The number of H-pyrrole nitrogens is 1. The molecule has 1 heterocycles. The van der Waals surface area contributed by atoms with E-state index in [9.17, 15) is 4.79 Å². The van der Waals surface area contributed by atoms with E-state index < -0.39 is 0 Å². The summed E-state index contributed by atoms with van der Waals surface area (Å²) < 4.78 is 0. The molecule has 0 aliphatic rings. The van der Waals surface area contributed by atoms with Gasteiger partial charge in [0.05, 0.1) is 17.4 Å². The van der Waals surface area contributed by atoms with Crippen molar-refractivity contribution < 1.29 is 0 Å². The number of hydrogen-bond acceptors (Lipinski definition) is 4. The summed E-state index contributed by atoms with van der Waals surface area (Å²) in [4.78, 5) is 19.1. The number of para-hydroxylation sites is 1. The number of benzene rings is 1. The Morgan fingerprint density at radius 2 is 2.22 bits per heavy atom. The van der Waals surface area contributed by atoms with Crippen molar-refractivity contribution in [1.82, 2.24) is 15.3 Å². The van der Waals surface area contributed by atoms with Crippen LogP contribution in [0.25, 0.3) is 10.9 Å². The van der Waals surface area contributed by atoms with Crippen LogP contribution in [0.1, 0.15) is 12.7 Å².